The van der Waals surface area contributed by atoms with Gasteiger partial charge >= 0.3 is 0 Å². The molecule has 0 amide bonds. The van der Waals surface area contributed by atoms with Crippen molar-refractivity contribution in [3.63, 3.8) is 0 Å². The molecule has 0 atom stereocenters. The number of hydrogen-bond acceptors (Lipinski definition) is 5. The minimum atomic E-state index is -1.72. The minimum absolute atomic E-state index is 0.0511. The van der Waals surface area contributed by atoms with Crippen LogP contribution in [0, 0.1) is 17.5 Å². The largest absolute Gasteiger partial charge is 0.507 e. The molecule has 0 spiro atoms. The number of phenols is 2. The van der Waals surface area contributed by atoms with Crippen molar-refractivity contribution in [1.29, 1.82) is 0 Å². The number of carbonyl (C=O) groups excluding carboxylic acids is 2. The molecule has 8 heteroatoms. The molecule has 0 radical (unpaired) electrons. The number of nitrogens with one attached hydrogen (secondary N) is 1. The summed E-state index contributed by atoms with van der Waals surface area (Å²) < 4.78 is 46.1. The molecule has 0 saturated heterocycles. The van der Waals surface area contributed by atoms with Crippen LogP contribution in [-0.2, 0) is 0 Å². The Morgan fingerprint density at radius 3 is 1.53 bits per heavy atom. The van der Waals surface area contributed by atoms with Crippen molar-refractivity contribution in [3.05, 3.63) is 81.2 Å². The zero-order valence-corrected chi connectivity index (χ0v) is 18.9. The van der Waals surface area contributed by atoms with Gasteiger partial charge in [0.2, 0.25) is 11.6 Å². The normalized spacial score (nSPS) is 12.9. The molecule has 0 aliphatic heterocycles. The van der Waals surface area contributed by atoms with E-state index in [2.05, 4.69) is 5.32 Å². The molecule has 0 saturated carbocycles. The van der Waals surface area contributed by atoms with Crippen LogP contribution in [0.2, 0.25) is 0 Å². The smallest absolute Gasteiger partial charge is 0.201 e. The predicted molar refractivity (Wildman–Crippen MR) is 121 cm³/mol. The molecule has 5 nitrogen and oxygen atoms in total. The van der Waals surface area contributed by atoms with Gasteiger partial charge in [0.25, 0.3) is 0 Å². The SMILES string of the molecule is CC(C)c1cccc(C(C)C)c1Nc1c(F)c(F)c2c(c1F)C(=O)c1c(O)ccc(O)c1C2=O. The van der Waals surface area contributed by atoms with Gasteiger partial charge in [0.15, 0.2) is 17.5 Å². The first kappa shape index (κ1) is 23.4. The first-order valence-corrected chi connectivity index (χ1v) is 10.7. The molecular weight excluding hydrogens is 447 g/mol. The lowest BCUT2D eigenvalue weighted by Gasteiger charge is -2.24. The quantitative estimate of drug-likeness (QED) is 0.242. The van der Waals surface area contributed by atoms with Gasteiger partial charge in [-0.1, -0.05) is 45.9 Å². The van der Waals surface area contributed by atoms with Gasteiger partial charge in [0.05, 0.1) is 22.3 Å². The molecule has 0 bridgehead atoms. The molecule has 0 fully saturated rings. The fourth-order valence-electron chi connectivity index (χ4n) is 4.31. The number of rotatable bonds is 4. The molecule has 34 heavy (non-hydrogen) atoms. The number of halogens is 3. The van der Waals surface area contributed by atoms with Crippen LogP contribution >= 0.6 is 0 Å². The number of ketones is 2. The van der Waals surface area contributed by atoms with Crippen LogP contribution in [0.1, 0.15) is 82.5 Å². The van der Waals surface area contributed by atoms with Crippen LogP contribution in [0.5, 0.6) is 11.5 Å². The maximum absolute atomic E-state index is 15.7. The molecule has 3 aromatic carbocycles. The van der Waals surface area contributed by atoms with E-state index in [4.69, 9.17) is 0 Å². The molecule has 0 heterocycles. The van der Waals surface area contributed by atoms with Crippen molar-refractivity contribution in [2.24, 2.45) is 0 Å². The van der Waals surface area contributed by atoms with Gasteiger partial charge in [-0.3, -0.25) is 9.59 Å². The number of fused-ring (bicyclic) bond motifs is 2. The standard InChI is InChI=1S/C26H22F3NO4/c1-10(2)12-6-5-7-13(11(3)4)23(12)30-24-21(28)19-18(20(27)22(24)29)25(33)16-14(31)8-9-15(32)17(16)26(19)34/h5-11,30-32H,1-4H3. The molecule has 1 aliphatic carbocycles. The fourth-order valence-corrected chi connectivity index (χ4v) is 4.31. The summed E-state index contributed by atoms with van der Waals surface area (Å²) in [6.07, 6.45) is 0. The molecule has 3 N–H and O–H groups in total. The van der Waals surface area contributed by atoms with Gasteiger partial charge in [-0.15, -0.1) is 0 Å². The summed E-state index contributed by atoms with van der Waals surface area (Å²) in [5, 5.41) is 22.8. The van der Waals surface area contributed by atoms with Crippen molar-refractivity contribution in [2.45, 2.75) is 39.5 Å². The summed E-state index contributed by atoms with van der Waals surface area (Å²) in [6, 6.07) is 7.24. The Balaban J connectivity index is 2.00. The maximum Gasteiger partial charge on any atom is 0.201 e. The van der Waals surface area contributed by atoms with E-state index in [1.807, 2.05) is 33.8 Å². The first-order valence-electron chi connectivity index (χ1n) is 10.7. The number of carbonyl (C=O) groups is 2. The van der Waals surface area contributed by atoms with Gasteiger partial charge in [-0.25, -0.2) is 13.2 Å². The van der Waals surface area contributed by atoms with Crippen LogP contribution in [0.4, 0.5) is 24.5 Å². The third kappa shape index (κ3) is 3.32. The monoisotopic (exact) mass is 469 g/mol. The third-order valence-corrected chi connectivity index (χ3v) is 6.01. The Hall–Kier alpha value is -3.81. The fraction of sp³-hybridized carbons (Fsp3) is 0.231. The van der Waals surface area contributed by atoms with Gasteiger partial charge < -0.3 is 15.5 Å². The summed E-state index contributed by atoms with van der Waals surface area (Å²) in [5.41, 5.74) is -2.61. The average molecular weight is 469 g/mol. The van der Waals surface area contributed by atoms with Crippen LogP contribution < -0.4 is 5.32 Å². The lowest BCUT2D eigenvalue weighted by Crippen LogP contribution is -2.26. The molecule has 4 rings (SSSR count). The minimum Gasteiger partial charge on any atom is -0.507 e. The van der Waals surface area contributed by atoms with Gasteiger partial charge in [-0.05, 0) is 35.1 Å². The summed E-state index contributed by atoms with van der Waals surface area (Å²) in [7, 11) is 0. The molecule has 0 unspecified atom stereocenters. The number of benzene rings is 3. The Kier molecular flexibility index (Phi) is 5.63. The molecule has 1 aliphatic rings. The van der Waals surface area contributed by atoms with Crippen LogP contribution in [0.3, 0.4) is 0 Å². The van der Waals surface area contributed by atoms with E-state index in [1.165, 1.54) is 0 Å². The second-order valence-corrected chi connectivity index (χ2v) is 8.82. The van der Waals surface area contributed by atoms with Crippen molar-refractivity contribution < 1.29 is 33.0 Å². The predicted octanol–water partition coefficient (Wildman–Crippen LogP) is 6.28. The Bertz CT molecular complexity index is 1350. The van der Waals surface area contributed by atoms with E-state index in [0.717, 1.165) is 23.3 Å². The van der Waals surface area contributed by atoms with E-state index in [-0.39, 0.29) is 11.8 Å². The topological polar surface area (TPSA) is 86.6 Å². The van der Waals surface area contributed by atoms with E-state index in [9.17, 15) is 19.8 Å². The third-order valence-electron chi connectivity index (χ3n) is 6.01. The molecular formula is C26H22F3NO4. The van der Waals surface area contributed by atoms with Gasteiger partial charge in [0.1, 0.15) is 17.2 Å². The number of para-hydroxylation sites is 1. The average Bonchev–Trinajstić information content (AvgIpc) is 2.78. The van der Waals surface area contributed by atoms with Crippen molar-refractivity contribution in [1.82, 2.24) is 0 Å². The highest BCUT2D eigenvalue weighted by Crippen LogP contribution is 2.43. The van der Waals surface area contributed by atoms with Crippen LogP contribution in [-0.4, -0.2) is 21.8 Å². The van der Waals surface area contributed by atoms with Crippen LogP contribution in [0.15, 0.2) is 30.3 Å². The number of phenolic OH excluding ortho intramolecular Hbond substituents is 2. The van der Waals surface area contributed by atoms with Crippen molar-refractivity contribution in [3.8, 4) is 11.5 Å². The lowest BCUT2D eigenvalue weighted by molar-refractivity contribution is 0.0966. The number of aromatic hydroxyl groups is 2. The summed E-state index contributed by atoms with van der Waals surface area (Å²) in [5.74, 6) is -8.91. The second-order valence-electron chi connectivity index (χ2n) is 8.82. The molecule has 176 valence electrons. The van der Waals surface area contributed by atoms with Crippen molar-refractivity contribution in [2.75, 3.05) is 5.32 Å². The van der Waals surface area contributed by atoms with Gasteiger partial charge in [-0.2, -0.15) is 0 Å². The summed E-state index contributed by atoms with van der Waals surface area (Å²) in [4.78, 5) is 26.0. The highest BCUT2D eigenvalue weighted by molar-refractivity contribution is 6.30. The highest BCUT2D eigenvalue weighted by Gasteiger charge is 2.41. The van der Waals surface area contributed by atoms with E-state index < -0.39 is 68.5 Å². The zero-order chi connectivity index (χ0) is 25.1. The Labute approximate surface area is 193 Å². The number of anilines is 2. The maximum atomic E-state index is 15.7. The summed E-state index contributed by atoms with van der Waals surface area (Å²) >= 11 is 0. The van der Waals surface area contributed by atoms with E-state index >= 15 is 13.2 Å². The van der Waals surface area contributed by atoms with Crippen LogP contribution in [0.25, 0.3) is 0 Å². The highest BCUT2D eigenvalue weighted by atomic mass is 19.2. The van der Waals surface area contributed by atoms with E-state index in [0.29, 0.717) is 5.69 Å². The van der Waals surface area contributed by atoms with Crippen molar-refractivity contribution >= 4 is 22.9 Å². The Morgan fingerprint density at radius 1 is 0.647 bits per heavy atom. The summed E-state index contributed by atoms with van der Waals surface area (Å²) in [6.45, 7) is 7.55. The second kappa shape index (κ2) is 8.20. The Morgan fingerprint density at radius 2 is 1.09 bits per heavy atom. The lowest BCUT2D eigenvalue weighted by atomic mass is 9.82. The number of hydrogen-bond donors (Lipinski definition) is 3. The van der Waals surface area contributed by atoms with E-state index in [1.54, 1.807) is 12.1 Å². The zero-order valence-electron chi connectivity index (χ0n) is 18.9. The van der Waals surface area contributed by atoms with Gasteiger partial charge in [0, 0.05) is 5.69 Å². The molecule has 3 aromatic rings. The first-order chi connectivity index (χ1) is 16.0. The molecule has 0 aromatic heterocycles.